The van der Waals surface area contributed by atoms with Gasteiger partial charge in [-0.1, -0.05) is 11.6 Å². The van der Waals surface area contributed by atoms with Gasteiger partial charge in [-0.2, -0.15) is 0 Å². The molecule has 0 unspecified atom stereocenters. The van der Waals surface area contributed by atoms with Crippen LogP contribution in [0.4, 0.5) is 0 Å². The van der Waals surface area contributed by atoms with E-state index in [0.29, 0.717) is 19.6 Å². The summed E-state index contributed by atoms with van der Waals surface area (Å²) in [5.74, 6) is 1.53. The van der Waals surface area contributed by atoms with E-state index in [2.05, 4.69) is 30.4 Å². The van der Waals surface area contributed by atoms with Crippen molar-refractivity contribution < 1.29 is 4.79 Å². The predicted molar refractivity (Wildman–Crippen MR) is 77.8 cm³/mol. The van der Waals surface area contributed by atoms with Gasteiger partial charge in [-0.3, -0.25) is 9.48 Å². The average molecular weight is 304 g/mol. The molecule has 1 amide bonds. The fourth-order valence-electron chi connectivity index (χ4n) is 2.57. The number of hydrogen-bond donors (Lipinski definition) is 2. The summed E-state index contributed by atoms with van der Waals surface area (Å²) in [6.07, 6.45) is 6.02. The van der Waals surface area contributed by atoms with E-state index < -0.39 is 0 Å². The second kappa shape index (κ2) is 6.65. The van der Waals surface area contributed by atoms with Crippen molar-refractivity contribution in [3.8, 4) is 0 Å². The molecule has 0 fully saturated rings. The molecule has 0 bridgehead atoms. The molecule has 0 aliphatic carbocycles. The van der Waals surface area contributed by atoms with Gasteiger partial charge >= 0.3 is 0 Å². The largest absolute Gasteiger partial charge is 0.343 e. The SMILES string of the molecule is NCCn1cc(C(=O)NCc2nnc3n2CCCCC3)nn1. The van der Waals surface area contributed by atoms with Crippen LogP contribution in [0.25, 0.3) is 0 Å². The second-order valence-electron chi connectivity index (χ2n) is 5.33. The van der Waals surface area contributed by atoms with Gasteiger partial charge in [0.2, 0.25) is 0 Å². The lowest BCUT2D eigenvalue weighted by atomic mass is 10.2. The molecule has 3 heterocycles. The van der Waals surface area contributed by atoms with Crippen LogP contribution in [0.15, 0.2) is 6.20 Å². The lowest BCUT2D eigenvalue weighted by Gasteiger charge is -2.07. The van der Waals surface area contributed by atoms with E-state index in [1.807, 2.05) is 0 Å². The Morgan fingerprint density at radius 1 is 1.27 bits per heavy atom. The van der Waals surface area contributed by atoms with Gasteiger partial charge in [0, 0.05) is 19.5 Å². The maximum Gasteiger partial charge on any atom is 0.273 e. The molecule has 0 radical (unpaired) electrons. The van der Waals surface area contributed by atoms with Crippen molar-refractivity contribution >= 4 is 5.91 Å². The number of hydrogen-bond acceptors (Lipinski definition) is 6. The van der Waals surface area contributed by atoms with Crippen LogP contribution < -0.4 is 11.1 Å². The summed E-state index contributed by atoms with van der Waals surface area (Å²) < 4.78 is 3.66. The fraction of sp³-hybridized carbons (Fsp3) is 0.615. The Morgan fingerprint density at radius 3 is 3.05 bits per heavy atom. The zero-order chi connectivity index (χ0) is 15.4. The van der Waals surface area contributed by atoms with E-state index in [4.69, 9.17) is 5.73 Å². The molecule has 0 saturated heterocycles. The van der Waals surface area contributed by atoms with Crippen LogP contribution in [0.2, 0.25) is 0 Å². The van der Waals surface area contributed by atoms with Crippen molar-refractivity contribution in [2.75, 3.05) is 6.54 Å². The molecule has 0 spiro atoms. The summed E-state index contributed by atoms with van der Waals surface area (Å²) in [7, 11) is 0. The molecular weight excluding hydrogens is 284 g/mol. The number of amides is 1. The summed E-state index contributed by atoms with van der Waals surface area (Å²) in [6.45, 7) is 2.25. The Morgan fingerprint density at radius 2 is 2.18 bits per heavy atom. The lowest BCUT2D eigenvalue weighted by molar-refractivity contribution is 0.0944. The highest BCUT2D eigenvalue weighted by Crippen LogP contribution is 2.14. The first kappa shape index (κ1) is 14.6. The standard InChI is InChI=1S/C13H20N8O/c14-5-7-20-9-10(16-19-20)13(22)15-8-12-18-17-11-4-2-1-3-6-21(11)12/h9H,1-8,14H2,(H,15,22). The Labute approximate surface area is 127 Å². The zero-order valence-corrected chi connectivity index (χ0v) is 12.4. The van der Waals surface area contributed by atoms with Crippen LogP contribution in [0.3, 0.4) is 0 Å². The lowest BCUT2D eigenvalue weighted by Crippen LogP contribution is -2.25. The molecule has 0 aromatic carbocycles. The van der Waals surface area contributed by atoms with Gasteiger partial charge in [0.05, 0.1) is 19.3 Å². The average Bonchev–Trinajstić information content (AvgIpc) is 3.07. The molecular formula is C13H20N8O. The van der Waals surface area contributed by atoms with Gasteiger partial charge in [-0.15, -0.1) is 15.3 Å². The number of carbonyl (C=O) groups excluding carboxylic acids is 1. The van der Waals surface area contributed by atoms with Crippen LogP contribution in [0.5, 0.6) is 0 Å². The van der Waals surface area contributed by atoms with Crippen LogP contribution in [0, 0.1) is 0 Å². The molecule has 118 valence electrons. The van der Waals surface area contributed by atoms with Gasteiger partial charge in [-0.05, 0) is 12.8 Å². The number of aromatic nitrogens is 6. The zero-order valence-electron chi connectivity index (χ0n) is 12.4. The van der Waals surface area contributed by atoms with E-state index in [1.54, 1.807) is 10.9 Å². The van der Waals surface area contributed by atoms with Crippen molar-refractivity contribution in [1.82, 2.24) is 35.1 Å². The Bertz CT molecular complexity index is 646. The molecule has 1 aliphatic heterocycles. The number of fused-ring (bicyclic) bond motifs is 1. The summed E-state index contributed by atoms with van der Waals surface area (Å²) in [6, 6.07) is 0. The van der Waals surface area contributed by atoms with Crippen molar-refractivity contribution in [1.29, 1.82) is 0 Å². The maximum atomic E-state index is 12.1. The van der Waals surface area contributed by atoms with E-state index in [1.165, 1.54) is 6.42 Å². The molecule has 2 aromatic heterocycles. The minimum absolute atomic E-state index is 0.269. The van der Waals surface area contributed by atoms with Gasteiger partial charge in [0.25, 0.3) is 5.91 Å². The highest BCUT2D eigenvalue weighted by molar-refractivity contribution is 5.91. The van der Waals surface area contributed by atoms with E-state index in [0.717, 1.165) is 37.5 Å². The monoisotopic (exact) mass is 304 g/mol. The number of nitrogens with two attached hydrogens (primary N) is 1. The van der Waals surface area contributed by atoms with Gasteiger partial charge in [0.1, 0.15) is 5.82 Å². The number of nitrogens with one attached hydrogen (secondary N) is 1. The molecule has 0 atom stereocenters. The highest BCUT2D eigenvalue weighted by atomic mass is 16.2. The quantitative estimate of drug-likeness (QED) is 0.768. The first-order valence-electron chi connectivity index (χ1n) is 7.57. The second-order valence-corrected chi connectivity index (χ2v) is 5.33. The van der Waals surface area contributed by atoms with E-state index in [-0.39, 0.29) is 11.6 Å². The topological polar surface area (TPSA) is 117 Å². The summed E-state index contributed by atoms with van der Waals surface area (Å²) in [4.78, 5) is 12.1. The van der Waals surface area contributed by atoms with Crippen molar-refractivity contribution in [2.45, 2.75) is 45.3 Å². The van der Waals surface area contributed by atoms with Gasteiger partial charge in [-0.25, -0.2) is 0 Å². The minimum atomic E-state index is -0.269. The van der Waals surface area contributed by atoms with Gasteiger partial charge in [0.15, 0.2) is 11.5 Å². The Balaban J connectivity index is 1.62. The van der Waals surface area contributed by atoms with Crippen molar-refractivity contribution in [3.05, 3.63) is 23.5 Å². The Hall–Kier alpha value is -2.29. The number of nitrogens with zero attached hydrogens (tertiary/aromatic N) is 6. The van der Waals surface area contributed by atoms with Crippen molar-refractivity contribution in [3.63, 3.8) is 0 Å². The fourth-order valence-corrected chi connectivity index (χ4v) is 2.57. The molecule has 3 N–H and O–H groups in total. The third-order valence-corrected chi connectivity index (χ3v) is 3.72. The Kier molecular flexibility index (Phi) is 4.42. The normalized spacial score (nSPS) is 14.4. The van der Waals surface area contributed by atoms with Crippen LogP contribution >= 0.6 is 0 Å². The third kappa shape index (κ3) is 3.14. The van der Waals surface area contributed by atoms with Gasteiger partial charge < -0.3 is 15.6 Å². The first-order chi connectivity index (χ1) is 10.8. The van der Waals surface area contributed by atoms with E-state index >= 15 is 0 Å². The van der Waals surface area contributed by atoms with Crippen molar-refractivity contribution in [2.24, 2.45) is 5.73 Å². The molecule has 2 aromatic rings. The number of carbonyl (C=O) groups is 1. The number of aryl methyl sites for hydroxylation is 1. The third-order valence-electron chi connectivity index (χ3n) is 3.72. The molecule has 9 nitrogen and oxygen atoms in total. The minimum Gasteiger partial charge on any atom is -0.343 e. The summed E-state index contributed by atoms with van der Waals surface area (Å²) >= 11 is 0. The smallest absolute Gasteiger partial charge is 0.273 e. The number of rotatable bonds is 5. The summed E-state index contributed by atoms with van der Waals surface area (Å²) in [5.41, 5.74) is 5.72. The van der Waals surface area contributed by atoms with Crippen LogP contribution in [0.1, 0.15) is 41.4 Å². The molecule has 3 rings (SSSR count). The predicted octanol–water partition coefficient (Wildman–Crippen LogP) is -0.515. The first-order valence-corrected chi connectivity index (χ1v) is 7.57. The maximum absolute atomic E-state index is 12.1. The highest BCUT2D eigenvalue weighted by Gasteiger charge is 2.16. The van der Waals surface area contributed by atoms with Crippen LogP contribution in [-0.4, -0.2) is 42.2 Å². The van der Waals surface area contributed by atoms with Crippen LogP contribution in [-0.2, 0) is 26.1 Å². The summed E-state index contributed by atoms with van der Waals surface area (Å²) in [5, 5.41) is 18.9. The van der Waals surface area contributed by atoms with E-state index in [9.17, 15) is 4.79 Å². The molecule has 9 heteroatoms. The molecule has 0 saturated carbocycles. The molecule has 22 heavy (non-hydrogen) atoms. The molecule has 1 aliphatic rings.